The highest BCUT2D eigenvalue weighted by molar-refractivity contribution is 7.89. The van der Waals surface area contributed by atoms with Crippen molar-refractivity contribution in [1.82, 2.24) is 0 Å². The van der Waals surface area contributed by atoms with E-state index in [0.29, 0.717) is 0 Å². The van der Waals surface area contributed by atoms with Crippen molar-refractivity contribution in [2.75, 3.05) is 0 Å². The molecule has 2 rings (SSSR count). The maximum absolute atomic E-state index is 11.1. The van der Waals surface area contributed by atoms with Gasteiger partial charge in [-0.1, -0.05) is 44.2 Å². The number of hydrogen-bond acceptors (Lipinski definition) is 2. The van der Waals surface area contributed by atoms with Crippen LogP contribution in [0.1, 0.15) is 37.7 Å². The molecule has 0 unspecified atom stereocenters. The van der Waals surface area contributed by atoms with Crippen molar-refractivity contribution >= 4 is 10.0 Å². The first-order chi connectivity index (χ1) is 8.05. The molecule has 0 heterocycles. The summed E-state index contributed by atoms with van der Waals surface area (Å²) in [6.07, 6.45) is 7.69. The zero-order valence-corrected chi connectivity index (χ0v) is 10.7. The Morgan fingerprint density at radius 1 is 1.06 bits per heavy atom. The molecular weight excluding hydrogens is 234 g/mol. The van der Waals surface area contributed by atoms with Gasteiger partial charge in [-0.3, -0.25) is 0 Å². The Kier molecular flexibility index (Phi) is 3.84. The number of benzene rings is 1. The van der Waals surface area contributed by atoms with Crippen molar-refractivity contribution in [3.05, 3.63) is 29.8 Å². The summed E-state index contributed by atoms with van der Waals surface area (Å²) in [6.45, 7) is 0. The Balaban J connectivity index is 2.03. The van der Waals surface area contributed by atoms with Gasteiger partial charge < -0.3 is 0 Å². The zero-order valence-electron chi connectivity index (χ0n) is 9.93. The zero-order chi connectivity index (χ0) is 12.3. The van der Waals surface area contributed by atoms with Crippen molar-refractivity contribution < 1.29 is 8.42 Å². The van der Waals surface area contributed by atoms with Crippen LogP contribution < -0.4 is 5.14 Å². The first kappa shape index (κ1) is 12.6. The van der Waals surface area contributed by atoms with Gasteiger partial charge in [0.2, 0.25) is 10.0 Å². The first-order valence-electron chi connectivity index (χ1n) is 6.17. The molecule has 1 saturated carbocycles. The molecule has 17 heavy (non-hydrogen) atoms. The highest BCUT2D eigenvalue weighted by Crippen LogP contribution is 2.27. The molecule has 4 heteroatoms. The summed E-state index contributed by atoms with van der Waals surface area (Å²) >= 11 is 0. The van der Waals surface area contributed by atoms with Crippen molar-refractivity contribution in [1.29, 1.82) is 0 Å². The predicted molar refractivity (Wildman–Crippen MR) is 68.1 cm³/mol. The molecule has 94 valence electrons. The minimum atomic E-state index is -3.55. The summed E-state index contributed by atoms with van der Waals surface area (Å²) < 4.78 is 22.2. The second kappa shape index (κ2) is 5.19. The largest absolute Gasteiger partial charge is 0.238 e. The highest BCUT2D eigenvalue weighted by Gasteiger charge is 2.14. The van der Waals surface area contributed by atoms with Crippen molar-refractivity contribution in [3.8, 4) is 0 Å². The Hall–Kier alpha value is -0.870. The first-order valence-corrected chi connectivity index (χ1v) is 7.72. The Morgan fingerprint density at radius 3 is 2.18 bits per heavy atom. The summed E-state index contributed by atoms with van der Waals surface area (Å²) in [5, 5.41) is 5.06. The van der Waals surface area contributed by atoms with Crippen molar-refractivity contribution in [2.45, 2.75) is 43.4 Å². The Bertz CT molecular complexity index is 459. The molecule has 0 amide bonds. The van der Waals surface area contributed by atoms with E-state index in [1.807, 2.05) is 12.1 Å². The molecule has 0 aliphatic heterocycles. The van der Waals surface area contributed by atoms with Crippen LogP contribution in [-0.2, 0) is 16.4 Å². The number of nitrogens with two attached hydrogens (primary N) is 1. The molecule has 1 aromatic rings. The minimum Gasteiger partial charge on any atom is -0.225 e. The van der Waals surface area contributed by atoms with E-state index < -0.39 is 10.0 Å². The van der Waals surface area contributed by atoms with Crippen LogP contribution in [0.3, 0.4) is 0 Å². The van der Waals surface area contributed by atoms with Gasteiger partial charge in [-0.2, -0.15) is 0 Å². The lowest BCUT2D eigenvalue weighted by molar-refractivity contribution is 0.356. The van der Waals surface area contributed by atoms with Gasteiger partial charge in [-0.05, 0) is 30.0 Å². The quantitative estimate of drug-likeness (QED) is 0.899. The average Bonchev–Trinajstić information content (AvgIpc) is 2.30. The molecule has 1 aromatic carbocycles. The lowest BCUT2D eigenvalue weighted by atomic mass is 9.85. The van der Waals surface area contributed by atoms with E-state index in [0.717, 1.165) is 12.3 Å². The molecule has 0 spiro atoms. The van der Waals surface area contributed by atoms with E-state index in [4.69, 9.17) is 5.14 Å². The SMILES string of the molecule is NS(=O)(=O)c1ccc(CC2CCCCC2)cc1. The van der Waals surface area contributed by atoms with Crippen LogP contribution >= 0.6 is 0 Å². The van der Waals surface area contributed by atoms with Gasteiger partial charge in [-0.25, -0.2) is 13.6 Å². The van der Waals surface area contributed by atoms with E-state index in [9.17, 15) is 8.42 Å². The third-order valence-corrected chi connectivity index (χ3v) is 4.43. The van der Waals surface area contributed by atoms with E-state index in [1.165, 1.54) is 37.7 Å². The normalized spacial score (nSPS) is 18.2. The predicted octanol–water partition coefficient (Wildman–Crippen LogP) is 2.46. The van der Waals surface area contributed by atoms with Crippen molar-refractivity contribution in [3.63, 3.8) is 0 Å². The third-order valence-electron chi connectivity index (χ3n) is 3.50. The lowest BCUT2D eigenvalue weighted by Gasteiger charge is -2.21. The smallest absolute Gasteiger partial charge is 0.225 e. The number of hydrogen-bond donors (Lipinski definition) is 1. The molecule has 1 aliphatic carbocycles. The van der Waals surface area contributed by atoms with Crippen LogP contribution in [-0.4, -0.2) is 8.42 Å². The van der Waals surface area contributed by atoms with E-state index in [-0.39, 0.29) is 4.90 Å². The second-order valence-electron chi connectivity index (χ2n) is 4.90. The molecule has 0 atom stereocenters. The molecule has 2 N–H and O–H groups in total. The maximum atomic E-state index is 11.1. The third kappa shape index (κ3) is 3.54. The van der Waals surface area contributed by atoms with E-state index >= 15 is 0 Å². The van der Waals surface area contributed by atoms with Gasteiger partial charge in [-0.15, -0.1) is 0 Å². The van der Waals surface area contributed by atoms with Crippen LogP contribution in [0, 0.1) is 5.92 Å². The van der Waals surface area contributed by atoms with E-state index in [2.05, 4.69) is 0 Å². The number of rotatable bonds is 3. The van der Waals surface area contributed by atoms with Gasteiger partial charge >= 0.3 is 0 Å². The monoisotopic (exact) mass is 253 g/mol. The summed E-state index contributed by atoms with van der Waals surface area (Å²) in [5.41, 5.74) is 1.21. The molecule has 3 nitrogen and oxygen atoms in total. The molecule has 0 saturated heterocycles. The van der Waals surface area contributed by atoms with Gasteiger partial charge in [0, 0.05) is 0 Å². The fraction of sp³-hybridized carbons (Fsp3) is 0.538. The second-order valence-corrected chi connectivity index (χ2v) is 6.46. The van der Waals surface area contributed by atoms with Gasteiger partial charge in [0.25, 0.3) is 0 Å². The minimum absolute atomic E-state index is 0.199. The molecule has 1 aliphatic rings. The fourth-order valence-electron chi connectivity index (χ4n) is 2.54. The molecule has 0 bridgehead atoms. The topological polar surface area (TPSA) is 60.2 Å². The summed E-state index contributed by atoms with van der Waals surface area (Å²) in [6, 6.07) is 6.98. The van der Waals surface area contributed by atoms with Gasteiger partial charge in [0.05, 0.1) is 4.90 Å². The van der Waals surface area contributed by atoms with E-state index in [1.54, 1.807) is 12.1 Å². The molecule has 0 radical (unpaired) electrons. The van der Waals surface area contributed by atoms with Crippen LogP contribution in [0.5, 0.6) is 0 Å². The maximum Gasteiger partial charge on any atom is 0.238 e. The Morgan fingerprint density at radius 2 is 1.65 bits per heavy atom. The molecular formula is C13H19NO2S. The van der Waals surface area contributed by atoms with Crippen molar-refractivity contribution in [2.24, 2.45) is 11.1 Å². The fourth-order valence-corrected chi connectivity index (χ4v) is 3.06. The van der Waals surface area contributed by atoms with Gasteiger partial charge in [0.1, 0.15) is 0 Å². The van der Waals surface area contributed by atoms with Gasteiger partial charge in [0.15, 0.2) is 0 Å². The Labute approximate surface area is 103 Å². The van der Waals surface area contributed by atoms with Crippen LogP contribution in [0.25, 0.3) is 0 Å². The average molecular weight is 253 g/mol. The summed E-state index contributed by atoms with van der Waals surface area (Å²) in [7, 11) is -3.55. The molecule has 1 fully saturated rings. The standard InChI is InChI=1S/C13H19NO2S/c14-17(15,16)13-8-6-12(7-9-13)10-11-4-2-1-3-5-11/h6-9,11H,1-5,10H2,(H2,14,15,16). The van der Waals surface area contributed by atoms with Crippen LogP contribution in [0.4, 0.5) is 0 Å². The summed E-state index contributed by atoms with van der Waals surface area (Å²) in [5.74, 6) is 0.768. The lowest BCUT2D eigenvalue weighted by Crippen LogP contribution is -2.12. The number of primary sulfonamides is 1. The molecule has 0 aromatic heterocycles. The van der Waals surface area contributed by atoms with Crippen LogP contribution in [0.2, 0.25) is 0 Å². The summed E-state index contributed by atoms with van der Waals surface area (Å²) in [4.78, 5) is 0.199. The highest BCUT2D eigenvalue weighted by atomic mass is 32.2. The number of sulfonamides is 1. The van der Waals surface area contributed by atoms with Crippen LogP contribution in [0.15, 0.2) is 29.2 Å².